The second kappa shape index (κ2) is 10.3. The van der Waals surface area contributed by atoms with Crippen molar-refractivity contribution in [2.75, 3.05) is 26.7 Å². The maximum Gasteiger partial charge on any atom is 0.254 e. The number of carbonyl (C=O) groups is 2. The lowest BCUT2D eigenvalue weighted by molar-refractivity contribution is -0.166. The number of rotatable bonds is 7. The Morgan fingerprint density at radius 2 is 1.85 bits per heavy atom. The van der Waals surface area contributed by atoms with Gasteiger partial charge in [-0.15, -0.1) is 0 Å². The Morgan fingerprint density at radius 3 is 2.61 bits per heavy atom. The lowest BCUT2D eigenvalue weighted by Gasteiger charge is -2.51. The highest BCUT2D eigenvalue weighted by molar-refractivity contribution is 6.01. The molecule has 0 spiro atoms. The highest BCUT2D eigenvalue weighted by Gasteiger charge is 2.56. The van der Waals surface area contributed by atoms with Crippen molar-refractivity contribution in [2.45, 2.75) is 44.8 Å². The van der Waals surface area contributed by atoms with Crippen molar-refractivity contribution in [3.8, 4) is 11.5 Å². The predicted molar refractivity (Wildman–Crippen MR) is 155 cm³/mol. The van der Waals surface area contributed by atoms with Crippen LogP contribution in [0.5, 0.6) is 11.5 Å². The first-order valence-corrected chi connectivity index (χ1v) is 14.0. The van der Waals surface area contributed by atoms with Gasteiger partial charge in [0.2, 0.25) is 5.91 Å². The zero-order chi connectivity index (χ0) is 28.9. The van der Waals surface area contributed by atoms with Gasteiger partial charge in [-0.1, -0.05) is 36.4 Å². The highest BCUT2D eigenvalue weighted by atomic mass is 19.1. The number of ether oxygens (including phenoxy) is 2. The van der Waals surface area contributed by atoms with Crippen molar-refractivity contribution >= 4 is 22.7 Å². The maximum atomic E-state index is 14.2. The molecule has 3 heterocycles. The fourth-order valence-corrected chi connectivity index (χ4v) is 6.36. The number of methoxy groups -OCH3 is 1. The van der Waals surface area contributed by atoms with Crippen molar-refractivity contribution in [3.05, 3.63) is 94.9 Å². The van der Waals surface area contributed by atoms with Crippen LogP contribution >= 0.6 is 0 Å². The normalized spacial score (nSPS) is 20.4. The van der Waals surface area contributed by atoms with E-state index in [1.807, 2.05) is 63.2 Å². The van der Waals surface area contributed by atoms with Crippen LogP contribution < -0.4 is 9.47 Å². The minimum atomic E-state index is -1.20. The van der Waals surface area contributed by atoms with Gasteiger partial charge in [-0.05, 0) is 74.2 Å². The number of H-pyrrole nitrogens is 1. The maximum absolute atomic E-state index is 14.2. The Labute approximate surface area is 238 Å². The summed E-state index contributed by atoms with van der Waals surface area (Å²) in [5.41, 5.74) is 3.20. The molecule has 1 aromatic heterocycles. The van der Waals surface area contributed by atoms with Crippen molar-refractivity contribution < 1.29 is 23.5 Å². The summed E-state index contributed by atoms with van der Waals surface area (Å²) < 4.78 is 25.4. The van der Waals surface area contributed by atoms with E-state index in [0.29, 0.717) is 31.0 Å². The van der Waals surface area contributed by atoms with Crippen LogP contribution in [0.4, 0.5) is 4.39 Å². The van der Waals surface area contributed by atoms with Crippen LogP contribution in [0.15, 0.2) is 66.7 Å². The smallest absolute Gasteiger partial charge is 0.254 e. The summed E-state index contributed by atoms with van der Waals surface area (Å²) in [5.74, 6) is 0.514. The molecule has 7 nitrogen and oxygen atoms in total. The first-order chi connectivity index (χ1) is 19.7. The van der Waals surface area contributed by atoms with Gasteiger partial charge in [-0.2, -0.15) is 0 Å². The van der Waals surface area contributed by atoms with E-state index in [0.717, 1.165) is 33.3 Å². The molecule has 0 radical (unpaired) electrons. The number of benzene rings is 3. The minimum Gasteiger partial charge on any atom is -0.493 e. The molecule has 2 atom stereocenters. The molecule has 212 valence electrons. The van der Waals surface area contributed by atoms with Gasteiger partial charge in [-0.3, -0.25) is 9.59 Å². The molecule has 0 bridgehead atoms. The number of fused-ring (bicyclic) bond motifs is 5. The van der Waals surface area contributed by atoms with Gasteiger partial charge in [0.05, 0.1) is 25.5 Å². The Balaban J connectivity index is 1.43. The molecule has 3 aromatic carbocycles. The van der Waals surface area contributed by atoms with Gasteiger partial charge >= 0.3 is 0 Å². The summed E-state index contributed by atoms with van der Waals surface area (Å²) in [5, 5.41) is 1.02. The van der Waals surface area contributed by atoms with E-state index < -0.39 is 5.54 Å². The van der Waals surface area contributed by atoms with E-state index in [1.54, 1.807) is 23.0 Å². The second-order valence-electron chi connectivity index (χ2n) is 11.3. The lowest BCUT2D eigenvalue weighted by Crippen LogP contribution is -2.67. The fraction of sp³-hybridized carbons (Fsp3) is 0.333. The summed E-state index contributed by atoms with van der Waals surface area (Å²) in [6.45, 7) is 6.43. The number of carbonyl (C=O) groups excluding carboxylic acids is 2. The first kappa shape index (κ1) is 26.9. The molecular formula is C33H34FN3O4. The lowest BCUT2D eigenvalue weighted by atomic mass is 9.76. The average Bonchev–Trinajstić information content (AvgIpc) is 3.35. The molecule has 2 aliphatic rings. The van der Waals surface area contributed by atoms with Crippen LogP contribution in [0, 0.1) is 5.82 Å². The number of aromatic nitrogens is 1. The van der Waals surface area contributed by atoms with Crippen molar-refractivity contribution in [2.24, 2.45) is 0 Å². The van der Waals surface area contributed by atoms with Crippen LogP contribution in [-0.2, 0) is 21.5 Å². The van der Waals surface area contributed by atoms with Gasteiger partial charge in [0.15, 0.2) is 17.0 Å². The molecule has 6 rings (SSSR count). The molecule has 41 heavy (non-hydrogen) atoms. The van der Waals surface area contributed by atoms with Gasteiger partial charge in [0.1, 0.15) is 5.82 Å². The standard InChI is InChI=1S/C33H34FN3O4/c1-20(2)41-27-13-12-22(17-28(27)40-4)25-18-37-29(38)19-36(15-14-21-8-7-9-23(34)16-21)32(39)33(37,3)31-30(25)24-10-5-6-11-26(24)35-31/h5-13,16-17,20,25,35H,14-15,18-19H2,1-4H3/t25?,33-/m0/s1. The summed E-state index contributed by atoms with van der Waals surface area (Å²) in [4.78, 5) is 34.9. The number of piperazine rings is 1. The quantitative estimate of drug-likeness (QED) is 0.333. The topological polar surface area (TPSA) is 74.9 Å². The molecule has 8 heteroatoms. The third kappa shape index (κ3) is 4.51. The van der Waals surface area contributed by atoms with Crippen molar-refractivity contribution in [1.82, 2.24) is 14.8 Å². The van der Waals surface area contributed by atoms with Gasteiger partial charge < -0.3 is 24.3 Å². The number of aromatic amines is 1. The highest BCUT2D eigenvalue weighted by Crippen LogP contribution is 2.49. The first-order valence-electron chi connectivity index (χ1n) is 14.0. The number of amides is 2. The number of nitrogens with one attached hydrogen (secondary N) is 1. The van der Waals surface area contributed by atoms with Crippen LogP contribution in [0.25, 0.3) is 10.9 Å². The van der Waals surface area contributed by atoms with Crippen LogP contribution in [0.2, 0.25) is 0 Å². The average molecular weight is 556 g/mol. The van der Waals surface area contributed by atoms with E-state index in [1.165, 1.54) is 12.1 Å². The van der Waals surface area contributed by atoms with Crippen LogP contribution in [0.3, 0.4) is 0 Å². The zero-order valence-electron chi connectivity index (χ0n) is 23.7. The Morgan fingerprint density at radius 1 is 1.05 bits per heavy atom. The van der Waals surface area contributed by atoms with E-state index in [-0.39, 0.29) is 36.2 Å². The van der Waals surface area contributed by atoms with E-state index in [4.69, 9.17) is 9.47 Å². The molecular weight excluding hydrogens is 521 g/mol. The number of nitrogens with zero attached hydrogens (tertiary/aromatic N) is 2. The van der Waals surface area contributed by atoms with E-state index >= 15 is 0 Å². The number of halogens is 1. The summed E-state index contributed by atoms with van der Waals surface area (Å²) >= 11 is 0. The SMILES string of the molecule is COc1cc(C2CN3C(=O)CN(CCc4cccc(F)c4)C(=O)[C@]3(C)c3[nH]c4ccccc4c32)ccc1OC(C)C. The summed E-state index contributed by atoms with van der Waals surface area (Å²) in [6.07, 6.45) is 0.450. The van der Waals surface area contributed by atoms with Crippen LogP contribution in [-0.4, -0.2) is 59.4 Å². The van der Waals surface area contributed by atoms with Gasteiger partial charge in [-0.25, -0.2) is 4.39 Å². The van der Waals surface area contributed by atoms with Crippen LogP contribution in [0.1, 0.15) is 49.1 Å². The number of hydrogen-bond donors (Lipinski definition) is 1. The fourth-order valence-electron chi connectivity index (χ4n) is 6.36. The molecule has 0 aliphatic carbocycles. The molecule has 2 amide bonds. The molecule has 0 saturated carbocycles. The molecule has 1 saturated heterocycles. The minimum absolute atomic E-state index is 0.00815. The molecule has 2 aliphatic heterocycles. The van der Waals surface area contributed by atoms with E-state index in [9.17, 15) is 14.0 Å². The largest absolute Gasteiger partial charge is 0.493 e. The number of para-hydroxylation sites is 1. The monoisotopic (exact) mass is 555 g/mol. The van der Waals surface area contributed by atoms with Gasteiger partial charge in [0, 0.05) is 29.9 Å². The molecule has 1 fully saturated rings. The Kier molecular flexibility index (Phi) is 6.72. The zero-order valence-corrected chi connectivity index (χ0v) is 23.7. The molecule has 1 N–H and O–H groups in total. The van der Waals surface area contributed by atoms with Crippen molar-refractivity contribution in [3.63, 3.8) is 0 Å². The van der Waals surface area contributed by atoms with E-state index in [2.05, 4.69) is 11.1 Å². The third-order valence-electron chi connectivity index (χ3n) is 8.33. The summed E-state index contributed by atoms with van der Waals surface area (Å²) in [6, 6.07) is 20.3. The molecule has 1 unspecified atom stereocenters. The Hall–Kier alpha value is -4.33. The summed E-state index contributed by atoms with van der Waals surface area (Å²) in [7, 11) is 1.62. The third-order valence-corrected chi connectivity index (χ3v) is 8.33. The molecule has 4 aromatic rings. The van der Waals surface area contributed by atoms with Crippen molar-refractivity contribution in [1.29, 1.82) is 0 Å². The number of hydrogen-bond acceptors (Lipinski definition) is 4. The predicted octanol–water partition coefficient (Wildman–Crippen LogP) is 5.38. The Bertz CT molecular complexity index is 1650. The second-order valence-corrected chi connectivity index (χ2v) is 11.3. The van der Waals surface area contributed by atoms with Gasteiger partial charge in [0.25, 0.3) is 5.91 Å².